The van der Waals surface area contributed by atoms with E-state index >= 15 is 0 Å². The van der Waals surface area contributed by atoms with Crippen molar-refractivity contribution in [2.45, 2.75) is 18.6 Å². The fourth-order valence-electron chi connectivity index (χ4n) is 1.23. The van der Waals surface area contributed by atoms with Crippen LogP contribution in [0.4, 0.5) is 11.5 Å². The fourth-order valence-corrected chi connectivity index (χ4v) is 1.57. The summed E-state index contributed by atoms with van der Waals surface area (Å²) >= 11 is 0. The molecule has 0 bridgehead atoms. The van der Waals surface area contributed by atoms with Crippen molar-refractivity contribution in [2.75, 3.05) is 25.2 Å². The maximum atomic E-state index is 11.6. The summed E-state index contributed by atoms with van der Waals surface area (Å²) in [6.07, 6.45) is 2.20. The third-order valence-corrected chi connectivity index (χ3v) is 5.00. The van der Waals surface area contributed by atoms with Gasteiger partial charge in [0.25, 0.3) is 5.88 Å². The summed E-state index contributed by atoms with van der Waals surface area (Å²) in [4.78, 5) is 17.7. The third-order valence-electron chi connectivity index (χ3n) is 2.85. The molecule has 1 rings (SSSR count). The van der Waals surface area contributed by atoms with Crippen LogP contribution < -0.4 is 10.1 Å². The largest absolute Gasteiger partial charge is 0.476 e. The zero-order valence-corrected chi connectivity index (χ0v) is 12.4. The highest BCUT2D eigenvalue weighted by Gasteiger charge is 2.32. The molecular weight excluding hydrogens is 288 g/mol. The van der Waals surface area contributed by atoms with Gasteiger partial charge in [0.1, 0.15) is 6.33 Å². The molecule has 0 aromatic carbocycles. The summed E-state index contributed by atoms with van der Waals surface area (Å²) in [6, 6.07) is 0. The van der Waals surface area contributed by atoms with Crippen LogP contribution in [-0.4, -0.2) is 48.0 Å². The fraction of sp³-hybridized carbons (Fsp3) is 0.600. The summed E-state index contributed by atoms with van der Waals surface area (Å²) in [5, 5.41) is 13.7. The Bertz CT molecular complexity index is 614. The number of rotatable bonds is 6. The lowest BCUT2D eigenvalue weighted by molar-refractivity contribution is -0.385. The van der Waals surface area contributed by atoms with Crippen molar-refractivity contribution in [1.82, 2.24) is 9.97 Å². The van der Waals surface area contributed by atoms with E-state index in [-0.39, 0.29) is 18.2 Å². The van der Waals surface area contributed by atoms with Crippen molar-refractivity contribution >= 4 is 21.3 Å². The smallest absolute Gasteiger partial charge is 0.372 e. The maximum absolute atomic E-state index is 11.6. The SMILES string of the molecule is COc1ncnc(NCC(C)(C)S(C)(=O)=O)c1[N+](=O)[O-]. The summed E-state index contributed by atoms with van der Waals surface area (Å²) in [7, 11) is -2.08. The van der Waals surface area contributed by atoms with Crippen LogP contribution in [-0.2, 0) is 9.84 Å². The summed E-state index contributed by atoms with van der Waals surface area (Å²) < 4.78 is 26.9. The molecule has 0 fully saturated rings. The van der Waals surface area contributed by atoms with E-state index in [2.05, 4.69) is 15.3 Å². The van der Waals surface area contributed by atoms with Crippen molar-refractivity contribution in [3.05, 3.63) is 16.4 Å². The first-order valence-corrected chi connectivity index (χ1v) is 7.46. The molecule has 0 aliphatic rings. The minimum atomic E-state index is -3.33. The normalized spacial score (nSPS) is 12.0. The Hall–Kier alpha value is -1.97. The van der Waals surface area contributed by atoms with E-state index in [1.807, 2.05) is 0 Å². The Balaban J connectivity index is 3.08. The third kappa shape index (κ3) is 3.32. The van der Waals surface area contributed by atoms with E-state index in [0.717, 1.165) is 12.6 Å². The first-order valence-electron chi connectivity index (χ1n) is 5.57. The maximum Gasteiger partial charge on any atom is 0.372 e. The van der Waals surface area contributed by atoms with Crippen molar-refractivity contribution in [1.29, 1.82) is 0 Å². The van der Waals surface area contributed by atoms with E-state index in [1.54, 1.807) is 0 Å². The van der Waals surface area contributed by atoms with Gasteiger partial charge >= 0.3 is 5.69 Å². The number of aromatic nitrogens is 2. The van der Waals surface area contributed by atoms with Crippen LogP contribution in [0.5, 0.6) is 5.88 Å². The van der Waals surface area contributed by atoms with Gasteiger partial charge in [-0.1, -0.05) is 0 Å². The molecule has 10 heteroatoms. The van der Waals surface area contributed by atoms with Gasteiger partial charge < -0.3 is 10.1 Å². The molecule has 0 atom stereocenters. The van der Waals surface area contributed by atoms with Gasteiger partial charge in [0.15, 0.2) is 9.84 Å². The molecule has 1 aromatic rings. The molecule has 0 radical (unpaired) electrons. The summed E-state index contributed by atoms with van der Waals surface area (Å²) in [6.45, 7) is 2.99. The van der Waals surface area contributed by atoms with Crippen molar-refractivity contribution in [3.8, 4) is 5.88 Å². The second-order valence-corrected chi connectivity index (χ2v) is 7.37. The number of ether oxygens (including phenoxy) is 1. The Kier molecular flexibility index (Phi) is 4.48. The van der Waals surface area contributed by atoms with E-state index in [4.69, 9.17) is 4.74 Å². The highest BCUT2D eigenvalue weighted by Crippen LogP contribution is 2.30. The molecule has 0 saturated heterocycles. The number of sulfone groups is 1. The minimum Gasteiger partial charge on any atom is -0.476 e. The number of nitrogens with one attached hydrogen (secondary N) is 1. The molecule has 0 aliphatic heterocycles. The van der Waals surface area contributed by atoms with Crippen LogP contribution in [0.3, 0.4) is 0 Å². The first-order chi connectivity index (χ1) is 9.10. The van der Waals surface area contributed by atoms with E-state index < -0.39 is 25.2 Å². The number of hydrogen-bond donors (Lipinski definition) is 1. The van der Waals surface area contributed by atoms with Crippen LogP contribution in [0, 0.1) is 10.1 Å². The molecule has 0 saturated carbocycles. The lowest BCUT2D eigenvalue weighted by atomic mass is 10.2. The molecule has 0 amide bonds. The van der Waals surface area contributed by atoms with Gasteiger partial charge in [-0.25, -0.2) is 13.4 Å². The molecule has 112 valence electrons. The van der Waals surface area contributed by atoms with Crippen LogP contribution >= 0.6 is 0 Å². The molecule has 0 aliphatic carbocycles. The molecular formula is C10H16N4O5S. The van der Waals surface area contributed by atoms with Gasteiger partial charge in [0.2, 0.25) is 5.82 Å². The highest BCUT2D eigenvalue weighted by molar-refractivity contribution is 7.92. The lowest BCUT2D eigenvalue weighted by Gasteiger charge is -2.22. The molecule has 9 nitrogen and oxygen atoms in total. The van der Waals surface area contributed by atoms with Gasteiger partial charge in [-0.2, -0.15) is 4.98 Å². The summed E-state index contributed by atoms with van der Waals surface area (Å²) in [5.41, 5.74) is -0.431. The molecule has 1 aromatic heterocycles. The van der Waals surface area contributed by atoms with Crippen LogP contribution in [0.25, 0.3) is 0 Å². The Labute approximate surface area is 116 Å². The Morgan fingerprint density at radius 1 is 1.45 bits per heavy atom. The van der Waals surface area contributed by atoms with Gasteiger partial charge in [-0.15, -0.1) is 0 Å². The average Bonchev–Trinajstić information content (AvgIpc) is 2.34. The number of nitro groups is 1. The van der Waals surface area contributed by atoms with E-state index in [0.29, 0.717) is 0 Å². The standard InChI is InChI=1S/C10H16N4O5S/c1-10(2,20(4,17)18)5-11-8-7(14(15)16)9(19-3)13-6-12-8/h6H,5H2,1-4H3,(H,11,12,13). The topological polar surface area (TPSA) is 124 Å². The van der Waals surface area contributed by atoms with Crippen LogP contribution in [0.1, 0.15) is 13.8 Å². The van der Waals surface area contributed by atoms with Crippen molar-refractivity contribution in [3.63, 3.8) is 0 Å². The number of anilines is 1. The highest BCUT2D eigenvalue weighted by atomic mass is 32.2. The van der Waals surface area contributed by atoms with Crippen molar-refractivity contribution in [2.24, 2.45) is 0 Å². The van der Waals surface area contributed by atoms with E-state index in [9.17, 15) is 18.5 Å². The lowest BCUT2D eigenvalue weighted by Crippen LogP contribution is -2.38. The minimum absolute atomic E-state index is 0.0349. The average molecular weight is 304 g/mol. The number of hydrogen-bond acceptors (Lipinski definition) is 8. The number of nitrogens with zero attached hydrogens (tertiary/aromatic N) is 3. The molecule has 0 spiro atoms. The quantitative estimate of drug-likeness (QED) is 0.599. The van der Waals surface area contributed by atoms with Crippen LogP contribution in [0.2, 0.25) is 0 Å². The zero-order chi connectivity index (χ0) is 15.6. The monoisotopic (exact) mass is 304 g/mol. The van der Waals surface area contributed by atoms with Gasteiger partial charge in [0.05, 0.1) is 16.8 Å². The van der Waals surface area contributed by atoms with Gasteiger partial charge in [-0.3, -0.25) is 10.1 Å². The Morgan fingerprint density at radius 2 is 2.05 bits per heavy atom. The predicted octanol–water partition coefficient (Wildman–Crippen LogP) is 0.629. The molecule has 0 unspecified atom stereocenters. The van der Waals surface area contributed by atoms with Crippen LogP contribution in [0.15, 0.2) is 6.33 Å². The van der Waals surface area contributed by atoms with Gasteiger partial charge in [-0.05, 0) is 13.8 Å². The zero-order valence-electron chi connectivity index (χ0n) is 11.6. The predicted molar refractivity (Wildman–Crippen MR) is 72.7 cm³/mol. The second kappa shape index (κ2) is 5.57. The summed E-state index contributed by atoms with van der Waals surface area (Å²) in [5.74, 6) is -0.275. The van der Waals surface area contributed by atoms with E-state index in [1.165, 1.54) is 21.0 Å². The number of methoxy groups -OCH3 is 1. The second-order valence-electron chi connectivity index (χ2n) is 4.72. The Morgan fingerprint density at radius 3 is 2.50 bits per heavy atom. The molecule has 1 heterocycles. The molecule has 20 heavy (non-hydrogen) atoms. The first kappa shape index (κ1) is 16.1. The van der Waals surface area contributed by atoms with Crippen molar-refractivity contribution < 1.29 is 18.1 Å². The van der Waals surface area contributed by atoms with Gasteiger partial charge in [0, 0.05) is 12.8 Å². The molecule has 1 N–H and O–H groups in total.